The van der Waals surface area contributed by atoms with E-state index in [0.717, 1.165) is 6.42 Å². The van der Waals surface area contributed by atoms with E-state index in [1.807, 2.05) is 0 Å². The van der Waals surface area contributed by atoms with Crippen LogP contribution in [0.5, 0.6) is 0 Å². The molecule has 0 saturated heterocycles. The van der Waals surface area contributed by atoms with Crippen molar-refractivity contribution < 1.29 is 0 Å². The molecular formula is C7H16N3S+. The third-order valence-corrected chi connectivity index (χ3v) is 1.90. The van der Waals surface area contributed by atoms with Gasteiger partial charge in [-0.25, -0.2) is 0 Å². The summed E-state index contributed by atoms with van der Waals surface area (Å²) in [6.45, 7) is 0.608. The Morgan fingerprint density at radius 3 is 2.64 bits per heavy atom. The molecule has 11 heavy (non-hydrogen) atoms. The lowest BCUT2D eigenvalue weighted by Gasteiger charge is -2.11. The lowest BCUT2D eigenvalue weighted by molar-refractivity contribution is 0.529. The lowest BCUT2D eigenvalue weighted by atomic mass is 10.0. The summed E-state index contributed by atoms with van der Waals surface area (Å²) in [5.74, 6) is 0.810. The van der Waals surface area contributed by atoms with E-state index in [1.165, 1.54) is 0 Å². The van der Waals surface area contributed by atoms with E-state index in [-0.39, 0.29) is 12.0 Å². The van der Waals surface area contributed by atoms with Crippen molar-refractivity contribution in [1.82, 2.24) is 0 Å². The van der Waals surface area contributed by atoms with Crippen LogP contribution in [0, 0.1) is 12.0 Å². The summed E-state index contributed by atoms with van der Waals surface area (Å²) in [6.07, 6.45) is 0.799. The van der Waals surface area contributed by atoms with Crippen LogP contribution in [0.15, 0.2) is 0 Å². The molecule has 0 aliphatic rings. The molecule has 0 aliphatic carbocycles. The third-order valence-electron chi connectivity index (χ3n) is 1.51. The van der Waals surface area contributed by atoms with Crippen molar-refractivity contribution in [2.45, 2.75) is 12.5 Å². The molecule has 0 aromatic heterocycles. The van der Waals surface area contributed by atoms with E-state index >= 15 is 0 Å². The van der Waals surface area contributed by atoms with Crippen LogP contribution in [-0.2, 0) is 0 Å². The van der Waals surface area contributed by atoms with Crippen LogP contribution in [0.2, 0.25) is 0 Å². The Morgan fingerprint density at radius 2 is 2.27 bits per heavy atom. The van der Waals surface area contributed by atoms with Gasteiger partial charge in [0.25, 0.3) is 13.1 Å². The predicted molar refractivity (Wildman–Crippen MR) is 52.2 cm³/mol. The molecule has 0 aromatic rings. The predicted octanol–water partition coefficient (Wildman–Crippen LogP) is 0.171. The molecule has 3 nitrogen and oxygen atoms in total. The Kier molecular flexibility index (Phi) is 6.33. The quantitative estimate of drug-likeness (QED) is 0.532. The minimum absolute atomic E-state index is 0.0428. The SMILES string of the molecule is C[N+]#CC(CS)C(N)CCN. The average molecular weight is 174 g/mol. The second kappa shape index (κ2) is 6.47. The maximum absolute atomic E-state index is 5.77. The summed E-state index contributed by atoms with van der Waals surface area (Å²) in [6, 6.07) is 2.93. The molecule has 0 amide bonds. The highest BCUT2D eigenvalue weighted by atomic mass is 32.1. The van der Waals surface area contributed by atoms with Gasteiger partial charge in [-0.05, 0) is 13.0 Å². The van der Waals surface area contributed by atoms with Gasteiger partial charge in [-0.3, -0.25) is 0 Å². The largest absolute Gasteiger partial charge is 0.330 e. The molecular weight excluding hydrogens is 158 g/mol. The van der Waals surface area contributed by atoms with E-state index in [9.17, 15) is 0 Å². The fraction of sp³-hybridized carbons (Fsp3) is 0.857. The van der Waals surface area contributed by atoms with Gasteiger partial charge in [0.1, 0.15) is 5.92 Å². The molecule has 0 aromatic carbocycles. The van der Waals surface area contributed by atoms with Crippen LogP contribution in [0.25, 0.3) is 4.85 Å². The van der Waals surface area contributed by atoms with E-state index in [0.29, 0.717) is 12.3 Å². The molecule has 64 valence electrons. The van der Waals surface area contributed by atoms with Gasteiger partial charge in [-0.1, -0.05) is 4.85 Å². The summed E-state index contributed by atoms with van der Waals surface area (Å²) >= 11 is 4.14. The molecule has 0 rings (SSSR count). The molecule has 2 atom stereocenters. The first-order valence-corrected chi connectivity index (χ1v) is 4.30. The van der Waals surface area contributed by atoms with Crippen molar-refractivity contribution >= 4 is 12.6 Å². The van der Waals surface area contributed by atoms with E-state index in [4.69, 9.17) is 11.5 Å². The second-order valence-electron chi connectivity index (χ2n) is 2.38. The fourth-order valence-electron chi connectivity index (χ4n) is 0.831. The summed E-state index contributed by atoms with van der Waals surface area (Å²) in [4.78, 5) is 3.79. The van der Waals surface area contributed by atoms with Crippen LogP contribution < -0.4 is 11.5 Å². The topological polar surface area (TPSA) is 56.4 Å². The summed E-state index contributed by atoms with van der Waals surface area (Å²) < 4.78 is 0. The second-order valence-corrected chi connectivity index (χ2v) is 2.75. The molecule has 0 radical (unpaired) electrons. The highest BCUT2D eigenvalue weighted by Gasteiger charge is 2.17. The van der Waals surface area contributed by atoms with Gasteiger partial charge < -0.3 is 11.5 Å². The normalized spacial score (nSPS) is 14.9. The van der Waals surface area contributed by atoms with Gasteiger partial charge in [0, 0.05) is 11.8 Å². The molecule has 0 heterocycles. The fourth-order valence-corrected chi connectivity index (χ4v) is 1.18. The number of nitrogens with zero attached hydrogens (tertiary/aromatic N) is 1. The van der Waals surface area contributed by atoms with Crippen molar-refractivity contribution in [1.29, 1.82) is 0 Å². The molecule has 0 fully saturated rings. The number of thiol groups is 1. The van der Waals surface area contributed by atoms with Crippen LogP contribution in [-0.4, -0.2) is 25.4 Å². The molecule has 4 N–H and O–H groups in total. The Morgan fingerprint density at radius 1 is 1.64 bits per heavy atom. The third kappa shape index (κ3) is 4.25. The van der Waals surface area contributed by atoms with Gasteiger partial charge >= 0.3 is 0 Å². The number of rotatable bonds is 4. The molecule has 2 unspecified atom stereocenters. The summed E-state index contributed by atoms with van der Waals surface area (Å²) in [7, 11) is 1.69. The van der Waals surface area contributed by atoms with E-state index < -0.39 is 0 Å². The van der Waals surface area contributed by atoms with Crippen molar-refractivity contribution in [2.24, 2.45) is 17.4 Å². The van der Waals surface area contributed by atoms with E-state index in [2.05, 4.69) is 23.5 Å². The first kappa shape index (κ1) is 10.8. The van der Waals surface area contributed by atoms with Gasteiger partial charge in [-0.2, -0.15) is 12.6 Å². The van der Waals surface area contributed by atoms with Crippen LogP contribution in [0.4, 0.5) is 0 Å². The minimum Gasteiger partial charge on any atom is -0.330 e. The van der Waals surface area contributed by atoms with Crippen molar-refractivity contribution in [2.75, 3.05) is 19.3 Å². The van der Waals surface area contributed by atoms with Gasteiger partial charge in [0.15, 0.2) is 0 Å². The summed E-state index contributed by atoms with van der Waals surface area (Å²) in [5.41, 5.74) is 11.1. The number of hydrogen-bond acceptors (Lipinski definition) is 3. The standard InChI is InChI=1S/C7H15N3S/c1-10-4-6(5-11)7(9)2-3-8/h6-7H,2-3,5,8-9H2,1H3/p+1. The lowest BCUT2D eigenvalue weighted by Crippen LogP contribution is -2.32. The zero-order valence-electron chi connectivity index (χ0n) is 6.83. The average Bonchev–Trinajstić information content (AvgIpc) is 2.00. The number of nitrogens with two attached hydrogens (primary N) is 2. The Labute approximate surface area is 73.4 Å². The highest BCUT2D eigenvalue weighted by Crippen LogP contribution is 2.05. The first-order chi connectivity index (χ1) is 5.26. The Balaban J connectivity index is 3.87. The number of hydrogen-bond donors (Lipinski definition) is 3. The molecule has 4 heteroatoms. The smallest absolute Gasteiger partial charge is 0.278 e. The highest BCUT2D eigenvalue weighted by molar-refractivity contribution is 7.80. The van der Waals surface area contributed by atoms with Crippen LogP contribution in [0.3, 0.4) is 0 Å². The first-order valence-electron chi connectivity index (χ1n) is 3.67. The Hall–Kier alpha value is -0.240. The maximum atomic E-state index is 5.77. The van der Waals surface area contributed by atoms with Crippen LogP contribution in [0.1, 0.15) is 6.42 Å². The van der Waals surface area contributed by atoms with Crippen molar-refractivity contribution in [3.8, 4) is 6.07 Å². The van der Waals surface area contributed by atoms with Gasteiger partial charge in [-0.15, -0.1) is 0 Å². The molecule has 0 saturated carbocycles. The van der Waals surface area contributed by atoms with Crippen molar-refractivity contribution in [3.63, 3.8) is 0 Å². The molecule has 0 aliphatic heterocycles. The maximum Gasteiger partial charge on any atom is 0.278 e. The zero-order chi connectivity index (χ0) is 8.69. The van der Waals surface area contributed by atoms with Gasteiger partial charge in [0.05, 0.1) is 0 Å². The van der Waals surface area contributed by atoms with Gasteiger partial charge in [0.2, 0.25) is 0 Å². The monoisotopic (exact) mass is 174 g/mol. The molecule has 0 bridgehead atoms. The Bertz CT molecular complexity index is 150. The zero-order valence-corrected chi connectivity index (χ0v) is 7.72. The van der Waals surface area contributed by atoms with Crippen LogP contribution >= 0.6 is 12.6 Å². The molecule has 0 spiro atoms. The minimum atomic E-state index is 0.0428. The van der Waals surface area contributed by atoms with Crippen molar-refractivity contribution in [3.05, 3.63) is 4.85 Å². The summed E-state index contributed by atoms with van der Waals surface area (Å²) in [5, 5.41) is 0. The van der Waals surface area contributed by atoms with E-state index in [1.54, 1.807) is 7.05 Å².